The summed E-state index contributed by atoms with van der Waals surface area (Å²) in [6, 6.07) is 0. The summed E-state index contributed by atoms with van der Waals surface area (Å²) in [7, 11) is 0.765. The van der Waals surface area contributed by atoms with Gasteiger partial charge in [0.15, 0.2) is 0 Å². The summed E-state index contributed by atoms with van der Waals surface area (Å²) in [6.45, 7) is 6.94. The molecule has 0 N–H and O–H groups in total. The molecule has 19 heavy (non-hydrogen) atoms. The molecule has 0 radical (unpaired) electrons. The summed E-state index contributed by atoms with van der Waals surface area (Å²) in [6.07, 6.45) is 17.4. The van der Waals surface area contributed by atoms with E-state index in [1.807, 2.05) is 0 Å². The lowest BCUT2D eigenvalue weighted by molar-refractivity contribution is 0.689. The third kappa shape index (κ3) is 14.6. The van der Waals surface area contributed by atoms with Crippen LogP contribution in [-0.2, 0) is 10.9 Å². The summed E-state index contributed by atoms with van der Waals surface area (Å²) in [5.74, 6) is 4.62. The van der Waals surface area contributed by atoms with E-state index in [9.17, 15) is 0 Å². The maximum Gasteiger partial charge on any atom is 0.108 e. The highest BCUT2D eigenvalue weighted by Gasteiger charge is 2.16. The Bertz CT molecular complexity index is 127. The van der Waals surface area contributed by atoms with Gasteiger partial charge in [-0.2, -0.15) is 0 Å². The van der Waals surface area contributed by atoms with Crippen molar-refractivity contribution in [1.29, 1.82) is 0 Å². The Kier molecular flexibility index (Phi) is 16.7. The van der Waals surface area contributed by atoms with Gasteiger partial charge < -0.3 is 0 Å². The quantitative estimate of drug-likeness (QED) is 0.243. The molecule has 0 aliphatic heterocycles. The lowest BCUT2D eigenvalue weighted by Crippen LogP contribution is -2.16. The van der Waals surface area contributed by atoms with Gasteiger partial charge in [-0.1, -0.05) is 59.3 Å². The van der Waals surface area contributed by atoms with E-state index in [0.717, 1.165) is 10.9 Å². The average Bonchev–Trinajstić information content (AvgIpc) is 2.43. The Labute approximate surface area is 126 Å². The zero-order chi connectivity index (χ0) is 14.2. The minimum absolute atomic E-state index is 0.765. The summed E-state index contributed by atoms with van der Waals surface area (Å²) in [5.41, 5.74) is 0. The van der Waals surface area contributed by atoms with Crippen molar-refractivity contribution in [2.75, 3.05) is 17.3 Å². The fourth-order valence-corrected chi connectivity index (χ4v) is 4.95. The first-order valence-electron chi connectivity index (χ1n) is 8.99. The van der Waals surface area contributed by atoms with Crippen molar-refractivity contribution in [3.05, 3.63) is 0 Å². The van der Waals surface area contributed by atoms with E-state index in [0.29, 0.717) is 0 Å². The molecule has 1 heteroatoms. The number of unbranched alkanes of at least 4 members (excludes halogenated alkanes) is 9. The Balaban J connectivity index is 3.66. The maximum atomic E-state index is 2.31. The summed E-state index contributed by atoms with van der Waals surface area (Å²) < 4.78 is 0. The molecular weight excluding hydrogens is 248 g/mol. The van der Waals surface area contributed by atoms with Gasteiger partial charge >= 0.3 is 0 Å². The van der Waals surface area contributed by atoms with Gasteiger partial charge in [0.2, 0.25) is 0 Å². The van der Waals surface area contributed by atoms with E-state index in [1.54, 1.807) is 0 Å². The van der Waals surface area contributed by atoms with Gasteiger partial charge in [-0.05, 0) is 49.4 Å². The van der Waals surface area contributed by atoms with Crippen molar-refractivity contribution < 1.29 is 0 Å². The van der Waals surface area contributed by atoms with E-state index in [1.165, 1.54) is 94.3 Å². The molecule has 0 spiro atoms. The van der Waals surface area contributed by atoms with Crippen LogP contribution in [0, 0.1) is 0 Å². The van der Waals surface area contributed by atoms with E-state index in [2.05, 4.69) is 20.8 Å². The van der Waals surface area contributed by atoms with Crippen molar-refractivity contribution in [1.82, 2.24) is 0 Å². The van der Waals surface area contributed by atoms with Crippen LogP contribution in [-0.4, -0.2) is 17.3 Å². The summed E-state index contributed by atoms with van der Waals surface area (Å²) in [4.78, 5) is 0. The zero-order valence-corrected chi connectivity index (χ0v) is 14.8. The van der Waals surface area contributed by atoms with E-state index >= 15 is 0 Å². The van der Waals surface area contributed by atoms with Crippen LogP contribution in [0.15, 0.2) is 0 Å². The van der Waals surface area contributed by atoms with Crippen molar-refractivity contribution in [2.45, 2.75) is 97.8 Å². The normalized spacial score (nSPS) is 11.4. The fraction of sp³-hybridized carbons (Fsp3) is 1.00. The van der Waals surface area contributed by atoms with Crippen molar-refractivity contribution in [2.24, 2.45) is 0 Å². The predicted octanol–water partition coefficient (Wildman–Crippen LogP) is 6.35. The van der Waals surface area contributed by atoms with E-state index in [4.69, 9.17) is 0 Å². The van der Waals surface area contributed by atoms with E-state index in [-0.39, 0.29) is 0 Å². The lowest BCUT2D eigenvalue weighted by Gasteiger charge is -2.09. The van der Waals surface area contributed by atoms with Crippen LogP contribution in [0.5, 0.6) is 0 Å². The van der Waals surface area contributed by atoms with Crippen LogP contribution in [0.4, 0.5) is 0 Å². The smallest absolute Gasteiger partial charge is 0.0654 e. The van der Waals surface area contributed by atoms with Crippen LogP contribution < -0.4 is 0 Å². The standard InChI is InChI=1S/C18H39S/c1-4-7-10-13-16-19(17-14-11-8-5-2)18-15-12-9-6-3/h4-18H2,1-3H3/q+1. The predicted molar refractivity (Wildman–Crippen MR) is 94.4 cm³/mol. The van der Waals surface area contributed by atoms with E-state index < -0.39 is 0 Å². The maximum absolute atomic E-state index is 2.31. The third-order valence-electron chi connectivity index (χ3n) is 3.86. The lowest BCUT2D eigenvalue weighted by atomic mass is 10.2. The molecule has 0 saturated heterocycles. The molecule has 0 aromatic rings. The summed E-state index contributed by atoms with van der Waals surface area (Å²) in [5, 5.41) is 0. The van der Waals surface area contributed by atoms with Crippen molar-refractivity contribution >= 4 is 10.9 Å². The van der Waals surface area contributed by atoms with Crippen LogP contribution >= 0.6 is 0 Å². The molecule has 0 atom stereocenters. The summed E-state index contributed by atoms with van der Waals surface area (Å²) >= 11 is 0. The van der Waals surface area contributed by atoms with Crippen molar-refractivity contribution in [3.8, 4) is 0 Å². The highest BCUT2D eigenvalue weighted by Crippen LogP contribution is 2.12. The third-order valence-corrected chi connectivity index (χ3v) is 6.46. The first-order valence-corrected chi connectivity index (χ1v) is 10.7. The van der Waals surface area contributed by atoms with Crippen LogP contribution in [0.25, 0.3) is 0 Å². The molecule has 0 aromatic carbocycles. The Morgan fingerprint density at radius 3 is 1.00 bits per heavy atom. The average molecular weight is 288 g/mol. The zero-order valence-electron chi connectivity index (χ0n) is 14.0. The minimum Gasteiger partial charge on any atom is -0.0654 e. The molecule has 0 nitrogen and oxygen atoms in total. The van der Waals surface area contributed by atoms with Crippen LogP contribution in [0.2, 0.25) is 0 Å². The minimum atomic E-state index is 0.765. The Morgan fingerprint density at radius 2 is 0.737 bits per heavy atom. The second-order valence-electron chi connectivity index (χ2n) is 5.91. The largest absolute Gasteiger partial charge is 0.108 e. The number of hydrogen-bond acceptors (Lipinski definition) is 0. The van der Waals surface area contributed by atoms with Crippen LogP contribution in [0.3, 0.4) is 0 Å². The monoisotopic (exact) mass is 287 g/mol. The molecule has 0 rings (SSSR count). The molecule has 0 fully saturated rings. The SMILES string of the molecule is CCCCCC[S+](CCCCCC)CCCCCC. The highest BCUT2D eigenvalue weighted by molar-refractivity contribution is 7.96. The molecule has 0 heterocycles. The Morgan fingerprint density at radius 1 is 0.421 bits per heavy atom. The van der Waals surface area contributed by atoms with Gasteiger partial charge in [0.05, 0.1) is 0 Å². The second kappa shape index (κ2) is 16.4. The molecular formula is C18H39S+. The topological polar surface area (TPSA) is 0 Å². The van der Waals surface area contributed by atoms with Crippen molar-refractivity contribution in [3.63, 3.8) is 0 Å². The molecule has 0 aliphatic carbocycles. The van der Waals surface area contributed by atoms with Crippen LogP contribution in [0.1, 0.15) is 97.8 Å². The molecule has 0 amide bonds. The van der Waals surface area contributed by atoms with Gasteiger partial charge in [0.1, 0.15) is 17.3 Å². The van der Waals surface area contributed by atoms with Gasteiger partial charge in [0.25, 0.3) is 0 Å². The highest BCUT2D eigenvalue weighted by atomic mass is 32.2. The number of hydrogen-bond donors (Lipinski definition) is 0. The molecule has 0 unspecified atom stereocenters. The molecule has 0 saturated carbocycles. The first-order chi connectivity index (χ1) is 9.35. The van der Waals surface area contributed by atoms with Gasteiger partial charge in [-0.3, -0.25) is 0 Å². The molecule has 0 bridgehead atoms. The number of rotatable bonds is 15. The molecule has 0 aliphatic rings. The van der Waals surface area contributed by atoms with Gasteiger partial charge in [-0.15, -0.1) is 0 Å². The van der Waals surface area contributed by atoms with Gasteiger partial charge in [-0.25, -0.2) is 0 Å². The second-order valence-corrected chi connectivity index (χ2v) is 8.36. The molecule has 0 aromatic heterocycles. The fourth-order valence-electron chi connectivity index (χ4n) is 2.51. The molecule has 116 valence electrons. The van der Waals surface area contributed by atoms with Gasteiger partial charge in [0, 0.05) is 0 Å². The Hall–Kier alpha value is 0.350. The first kappa shape index (κ1) is 19.4.